The van der Waals surface area contributed by atoms with Crippen molar-refractivity contribution in [3.05, 3.63) is 33.0 Å². The molecule has 0 atom stereocenters. The molecule has 0 unspecified atom stereocenters. The molecule has 12 heavy (non-hydrogen) atoms. The molecule has 5 heteroatoms. The Morgan fingerprint density at radius 1 is 1.58 bits per heavy atom. The van der Waals surface area contributed by atoms with Crippen LogP contribution in [0.2, 0.25) is 5.02 Å². The molecular weight excluding hydrogens is 250 g/mol. The highest BCUT2D eigenvalue weighted by molar-refractivity contribution is 9.10. The van der Waals surface area contributed by atoms with E-state index in [4.69, 9.17) is 16.7 Å². The number of halogens is 3. The van der Waals surface area contributed by atoms with E-state index in [1.54, 1.807) is 0 Å². The van der Waals surface area contributed by atoms with Crippen molar-refractivity contribution in [2.24, 2.45) is 0 Å². The molecule has 0 spiro atoms. The Labute approximate surface area is 81.1 Å². The minimum Gasteiger partial charge on any atom is -0.478 e. The molecule has 0 aromatic heterocycles. The second-order valence-electron chi connectivity index (χ2n) is 2.02. The molecule has 2 nitrogen and oxygen atoms in total. The Kier molecular flexibility index (Phi) is 2.69. The molecule has 0 saturated heterocycles. The number of hydrogen-bond acceptors (Lipinski definition) is 1. The van der Waals surface area contributed by atoms with E-state index >= 15 is 0 Å². The number of benzene rings is 1. The minimum atomic E-state index is -1.26. The lowest BCUT2D eigenvalue weighted by atomic mass is 10.2. The van der Waals surface area contributed by atoms with Gasteiger partial charge in [0.25, 0.3) is 0 Å². The van der Waals surface area contributed by atoms with Crippen molar-refractivity contribution in [1.29, 1.82) is 0 Å². The summed E-state index contributed by atoms with van der Waals surface area (Å²) >= 11 is 8.36. The molecular formula is C7H3BrClFO2. The summed E-state index contributed by atoms with van der Waals surface area (Å²) < 4.78 is 13.0. The van der Waals surface area contributed by atoms with Crippen molar-refractivity contribution in [2.75, 3.05) is 0 Å². The largest absolute Gasteiger partial charge is 0.478 e. The van der Waals surface area contributed by atoms with Gasteiger partial charge in [0.15, 0.2) is 0 Å². The number of rotatable bonds is 1. The van der Waals surface area contributed by atoms with E-state index in [9.17, 15) is 9.18 Å². The number of carboxylic acid groups (broad SMARTS) is 1. The Bertz CT molecular complexity index is 340. The number of carboxylic acids is 1. The molecule has 1 aromatic carbocycles. The highest BCUT2D eigenvalue weighted by Crippen LogP contribution is 2.27. The van der Waals surface area contributed by atoms with Crippen molar-refractivity contribution in [3.8, 4) is 0 Å². The predicted molar refractivity (Wildman–Crippen MR) is 46.1 cm³/mol. The van der Waals surface area contributed by atoms with E-state index in [0.717, 1.165) is 6.07 Å². The topological polar surface area (TPSA) is 37.3 Å². The maximum atomic E-state index is 12.7. The van der Waals surface area contributed by atoms with Gasteiger partial charge in [-0.15, -0.1) is 0 Å². The zero-order valence-corrected chi connectivity index (χ0v) is 7.99. The van der Waals surface area contributed by atoms with Crippen LogP contribution in [0, 0.1) is 5.82 Å². The zero-order chi connectivity index (χ0) is 9.30. The van der Waals surface area contributed by atoms with Crippen molar-refractivity contribution < 1.29 is 14.3 Å². The van der Waals surface area contributed by atoms with Gasteiger partial charge in [-0.25, -0.2) is 9.18 Å². The number of carbonyl (C=O) groups is 1. The first-order valence-corrected chi connectivity index (χ1v) is 4.08. The Morgan fingerprint density at radius 3 is 2.58 bits per heavy atom. The second-order valence-corrected chi connectivity index (χ2v) is 3.26. The third-order valence-electron chi connectivity index (χ3n) is 1.26. The SMILES string of the molecule is O=C(O)c1c(Br)ccc(F)c1Cl. The molecule has 1 rings (SSSR count). The lowest BCUT2D eigenvalue weighted by Crippen LogP contribution is -2.00. The standard InChI is InChI=1S/C7H3BrClFO2/c8-3-1-2-4(10)6(9)5(3)7(11)12/h1-2H,(H,11,12). The van der Waals surface area contributed by atoms with Gasteiger partial charge in [-0.3, -0.25) is 0 Å². The second kappa shape index (κ2) is 3.41. The number of hydrogen-bond donors (Lipinski definition) is 1. The monoisotopic (exact) mass is 252 g/mol. The van der Waals surface area contributed by atoms with Gasteiger partial charge < -0.3 is 5.11 Å². The number of aromatic carboxylic acids is 1. The molecule has 0 amide bonds. The summed E-state index contributed by atoms with van der Waals surface area (Å²) in [4.78, 5) is 10.5. The fourth-order valence-electron chi connectivity index (χ4n) is 0.723. The van der Waals surface area contributed by atoms with Crippen LogP contribution in [-0.4, -0.2) is 11.1 Å². The average Bonchev–Trinajstić information content (AvgIpc) is 1.97. The molecule has 1 N–H and O–H groups in total. The highest BCUT2D eigenvalue weighted by atomic mass is 79.9. The lowest BCUT2D eigenvalue weighted by Gasteiger charge is -2.01. The van der Waals surface area contributed by atoms with E-state index in [2.05, 4.69) is 15.9 Å². The summed E-state index contributed by atoms with van der Waals surface area (Å²) in [5, 5.41) is 8.21. The summed E-state index contributed by atoms with van der Waals surface area (Å²) in [5.74, 6) is -2.00. The first-order valence-electron chi connectivity index (χ1n) is 2.91. The van der Waals surface area contributed by atoms with E-state index in [1.165, 1.54) is 6.07 Å². The van der Waals surface area contributed by atoms with Crippen LogP contribution in [0.1, 0.15) is 10.4 Å². The normalized spacial score (nSPS) is 9.92. The van der Waals surface area contributed by atoms with Crippen molar-refractivity contribution in [3.63, 3.8) is 0 Å². The van der Waals surface area contributed by atoms with Crippen LogP contribution in [0.3, 0.4) is 0 Å². The van der Waals surface area contributed by atoms with Gasteiger partial charge in [0, 0.05) is 4.47 Å². The van der Waals surface area contributed by atoms with Crippen LogP contribution in [0.5, 0.6) is 0 Å². The summed E-state index contributed by atoms with van der Waals surface area (Å²) in [5.41, 5.74) is -0.253. The highest BCUT2D eigenvalue weighted by Gasteiger charge is 2.16. The fourth-order valence-corrected chi connectivity index (χ4v) is 1.58. The van der Waals surface area contributed by atoms with Gasteiger partial charge in [-0.05, 0) is 28.1 Å². The van der Waals surface area contributed by atoms with Gasteiger partial charge in [0.2, 0.25) is 0 Å². The molecule has 0 aliphatic heterocycles. The van der Waals surface area contributed by atoms with E-state index in [1.807, 2.05) is 0 Å². The zero-order valence-electron chi connectivity index (χ0n) is 5.64. The quantitative estimate of drug-likeness (QED) is 0.781. The maximum absolute atomic E-state index is 12.7. The van der Waals surface area contributed by atoms with E-state index < -0.39 is 11.8 Å². The fraction of sp³-hybridized carbons (Fsp3) is 0. The third kappa shape index (κ3) is 1.59. The van der Waals surface area contributed by atoms with Crippen LogP contribution in [0.15, 0.2) is 16.6 Å². The summed E-state index contributed by atoms with van der Waals surface area (Å²) in [7, 11) is 0. The van der Waals surface area contributed by atoms with Crippen molar-refractivity contribution >= 4 is 33.5 Å². The molecule has 0 aliphatic carbocycles. The lowest BCUT2D eigenvalue weighted by molar-refractivity contribution is 0.0695. The smallest absolute Gasteiger partial charge is 0.338 e. The molecule has 0 aliphatic rings. The minimum absolute atomic E-state index is 0.253. The Balaban J connectivity index is 3.43. The maximum Gasteiger partial charge on any atom is 0.338 e. The van der Waals surface area contributed by atoms with Crippen LogP contribution < -0.4 is 0 Å². The average molecular weight is 253 g/mol. The van der Waals surface area contributed by atoms with Gasteiger partial charge >= 0.3 is 5.97 Å². The van der Waals surface area contributed by atoms with Gasteiger partial charge in [-0.2, -0.15) is 0 Å². The van der Waals surface area contributed by atoms with Gasteiger partial charge in [-0.1, -0.05) is 11.6 Å². The molecule has 0 fully saturated rings. The molecule has 0 saturated carbocycles. The van der Waals surface area contributed by atoms with Crippen LogP contribution in [0.25, 0.3) is 0 Å². The Hall–Kier alpha value is -0.610. The molecule has 0 heterocycles. The summed E-state index contributed by atoms with van der Waals surface area (Å²) in [6.07, 6.45) is 0. The summed E-state index contributed by atoms with van der Waals surface area (Å²) in [6.45, 7) is 0. The van der Waals surface area contributed by atoms with Crippen LogP contribution in [-0.2, 0) is 0 Å². The van der Waals surface area contributed by atoms with Crippen LogP contribution >= 0.6 is 27.5 Å². The van der Waals surface area contributed by atoms with E-state index in [0.29, 0.717) is 0 Å². The van der Waals surface area contributed by atoms with Crippen molar-refractivity contribution in [2.45, 2.75) is 0 Å². The summed E-state index contributed by atoms with van der Waals surface area (Å²) in [6, 6.07) is 2.39. The molecule has 0 radical (unpaired) electrons. The van der Waals surface area contributed by atoms with Gasteiger partial charge in [0.1, 0.15) is 5.82 Å². The first kappa shape index (κ1) is 9.48. The third-order valence-corrected chi connectivity index (χ3v) is 2.29. The van der Waals surface area contributed by atoms with E-state index in [-0.39, 0.29) is 15.1 Å². The molecule has 0 bridgehead atoms. The Morgan fingerprint density at radius 2 is 2.17 bits per heavy atom. The molecule has 64 valence electrons. The van der Waals surface area contributed by atoms with Gasteiger partial charge in [0.05, 0.1) is 10.6 Å². The predicted octanol–water partition coefficient (Wildman–Crippen LogP) is 2.94. The first-order chi connectivity index (χ1) is 5.54. The van der Waals surface area contributed by atoms with Crippen LogP contribution in [0.4, 0.5) is 4.39 Å². The van der Waals surface area contributed by atoms with Crippen molar-refractivity contribution in [1.82, 2.24) is 0 Å². The molecule has 1 aromatic rings.